The number of aliphatic hydroxyl groups excluding tert-OH is 1. The summed E-state index contributed by atoms with van der Waals surface area (Å²) in [5, 5.41) is 13.0. The number of aliphatic hydroxyl groups is 1. The van der Waals surface area contributed by atoms with Crippen LogP contribution in [0.3, 0.4) is 0 Å². The van der Waals surface area contributed by atoms with Gasteiger partial charge in [-0.15, -0.1) is 12.4 Å². The van der Waals surface area contributed by atoms with Crippen molar-refractivity contribution in [1.82, 2.24) is 5.32 Å². The van der Waals surface area contributed by atoms with Gasteiger partial charge in [-0.25, -0.2) is 0 Å². The molecule has 1 aliphatic rings. The highest BCUT2D eigenvalue weighted by Crippen LogP contribution is 2.19. The highest BCUT2D eigenvalue weighted by molar-refractivity contribution is 5.85. The van der Waals surface area contributed by atoms with Crippen LogP contribution in [0.15, 0.2) is 24.3 Å². The van der Waals surface area contributed by atoms with E-state index in [0.717, 1.165) is 11.5 Å². The van der Waals surface area contributed by atoms with E-state index in [2.05, 4.69) is 5.32 Å². The minimum atomic E-state index is -0.471. The number of hydrogen-bond donors (Lipinski definition) is 2. The molecule has 102 valence electrons. The quantitative estimate of drug-likeness (QED) is 0.793. The Morgan fingerprint density at radius 2 is 2.11 bits per heavy atom. The second-order valence-electron chi connectivity index (χ2n) is 4.33. The summed E-state index contributed by atoms with van der Waals surface area (Å²) in [6.45, 7) is 0.890. The summed E-state index contributed by atoms with van der Waals surface area (Å²) in [5.74, 6) is 1.47. The number of ether oxygens (including phenoxy) is 2. The molecule has 0 saturated heterocycles. The molecule has 0 heterocycles. The zero-order valence-corrected chi connectivity index (χ0v) is 11.3. The molecule has 1 fully saturated rings. The summed E-state index contributed by atoms with van der Waals surface area (Å²) in [4.78, 5) is 0. The van der Waals surface area contributed by atoms with E-state index in [4.69, 9.17) is 9.47 Å². The molecule has 0 spiro atoms. The monoisotopic (exact) mass is 273 g/mol. The molecule has 0 bridgehead atoms. The van der Waals surface area contributed by atoms with E-state index in [1.54, 1.807) is 13.2 Å². The van der Waals surface area contributed by atoms with E-state index < -0.39 is 6.10 Å². The maximum Gasteiger partial charge on any atom is 0.123 e. The van der Waals surface area contributed by atoms with Gasteiger partial charge >= 0.3 is 0 Å². The normalized spacial score (nSPS) is 15.7. The number of rotatable bonds is 7. The molecule has 0 aromatic heterocycles. The summed E-state index contributed by atoms with van der Waals surface area (Å²) in [6, 6.07) is 7.99. The fourth-order valence-corrected chi connectivity index (χ4v) is 1.53. The van der Waals surface area contributed by atoms with Crippen LogP contribution in [0.5, 0.6) is 11.5 Å². The molecule has 1 atom stereocenters. The molecular weight excluding hydrogens is 254 g/mol. The second-order valence-corrected chi connectivity index (χ2v) is 4.33. The van der Waals surface area contributed by atoms with Gasteiger partial charge in [-0.05, 0) is 25.0 Å². The summed E-state index contributed by atoms with van der Waals surface area (Å²) in [7, 11) is 1.62. The fourth-order valence-electron chi connectivity index (χ4n) is 1.53. The Labute approximate surface area is 114 Å². The Kier molecular flexibility index (Phi) is 6.25. The molecule has 4 nitrogen and oxygen atoms in total. The van der Waals surface area contributed by atoms with Gasteiger partial charge in [0.1, 0.15) is 24.2 Å². The van der Waals surface area contributed by atoms with Gasteiger partial charge in [0.15, 0.2) is 0 Å². The molecular formula is C13H20ClNO3. The lowest BCUT2D eigenvalue weighted by Crippen LogP contribution is -2.32. The minimum absolute atomic E-state index is 0. The first kappa shape index (κ1) is 15.1. The van der Waals surface area contributed by atoms with Crippen LogP contribution < -0.4 is 14.8 Å². The average molecular weight is 274 g/mol. The molecule has 0 radical (unpaired) electrons. The van der Waals surface area contributed by atoms with E-state index in [1.807, 2.05) is 18.2 Å². The maximum atomic E-state index is 9.69. The summed E-state index contributed by atoms with van der Waals surface area (Å²) < 4.78 is 10.6. The minimum Gasteiger partial charge on any atom is -0.497 e. The Morgan fingerprint density at radius 3 is 2.78 bits per heavy atom. The van der Waals surface area contributed by atoms with Crippen molar-refractivity contribution in [2.24, 2.45) is 0 Å². The highest BCUT2D eigenvalue weighted by atomic mass is 35.5. The van der Waals surface area contributed by atoms with Gasteiger partial charge in [-0.1, -0.05) is 6.07 Å². The summed E-state index contributed by atoms with van der Waals surface area (Å²) >= 11 is 0. The Hall–Kier alpha value is -0.970. The lowest BCUT2D eigenvalue weighted by molar-refractivity contribution is 0.106. The van der Waals surface area contributed by atoms with Gasteiger partial charge < -0.3 is 19.9 Å². The fraction of sp³-hybridized carbons (Fsp3) is 0.538. The predicted octanol–water partition coefficient (Wildman–Crippen LogP) is 1.61. The van der Waals surface area contributed by atoms with Gasteiger partial charge in [-0.2, -0.15) is 0 Å². The van der Waals surface area contributed by atoms with Crippen LogP contribution in [0.25, 0.3) is 0 Å². The van der Waals surface area contributed by atoms with Crippen molar-refractivity contribution in [2.45, 2.75) is 25.0 Å². The second kappa shape index (κ2) is 7.46. The first-order chi connectivity index (χ1) is 8.28. The Morgan fingerprint density at radius 1 is 1.39 bits per heavy atom. The van der Waals surface area contributed by atoms with Crippen LogP contribution in [0, 0.1) is 0 Å². The number of methoxy groups -OCH3 is 1. The van der Waals surface area contributed by atoms with Gasteiger partial charge in [0.05, 0.1) is 7.11 Å². The summed E-state index contributed by atoms with van der Waals surface area (Å²) in [5.41, 5.74) is 0. The number of benzene rings is 1. The molecule has 1 aromatic carbocycles. The molecule has 5 heteroatoms. The Bertz CT molecular complexity index is 358. The van der Waals surface area contributed by atoms with Crippen molar-refractivity contribution in [3.05, 3.63) is 24.3 Å². The standard InChI is InChI=1S/C13H19NO3.ClH/c1-16-12-3-2-4-13(7-12)17-9-11(15)8-14-10-5-6-10;/h2-4,7,10-11,14-15H,5-6,8-9H2,1H3;1H. The maximum absolute atomic E-state index is 9.69. The third-order valence-electron chi connectivity index (χ3n) is 2.70. The van der Waals surface area contributed by atoms with Crippen molar-refractivity contribution < 1.29 is 14.6 Å². The third kappa shape index (κ3) is 5.12. The van der Waals surface area contributed by atoms with E-state index in [9.17, 15) is 5.11 Å². The van der Waals surface area contributed by atoms with E-state index in [-0.39, 0.29) is 12.4 Å². The van der Waals surface area contributed by atoms with Crippen molar-refractivity contribution in [1.29, 1.82) is 0 Å². The van der Waals surface area contributed by atoms with Gasteiger partial charge in [0.25, 0.3) is 0 Å². The molecule has 2 N–H and O–H groups in total. The first-order valence-electron chi connectivity index (χ1n) is 5.96. The largest absolute Gasteiger partial charge is 0.497 e. The molecule has 1 saturated carbocycles. The summed E-state index contributed by atoms with van der Waals surface area (Å²) in [6.07, 6.45) is 1.98. The van der Waals surface area contributed by atoms with E-state index in [0.29, 0.717) is 19.2 Å². The van der Waals surface area contributed by atoms with Gasteiger partial charge in [-0.3, -0.25) is 0 Å². The van der Waals surface area contributed by atoms with Crippen molar-refractivity contribution in [3.8, 4) is 11.5 Å². The van der Waals surface area contributed by atoms with Crippen LogP contribution in [0.1, 0.15) is 12.8 Å². The number of nitrogens with one attached hydrogen (secondary N) is 1. The topological polar surface area (TPSA) is 50.7 Å². The molecule has 18 heavy (non-hydrogen) atoms. The molecule has 1 unspecified atom stereocenters. The lowest BCUT2D eigenvalue weighted by atomic mass is 10.3. The van der Waals surface area contributed by atoms with Crippen LogP contribution in [0.4, 0.5) is 0 Å². The van der Waals surface area contributed by atoms with Crippen molar-refractivity contribution >= 4 is 12.4 Å². The van der Waals surface area contributed by atoms with Crippen LogP contribution in [0.2, 0.25) is 0 Å². The SMILES string of the molecule is COc1cccc(OCC(O)CNC2CC2)c1.Cl. The van der Waals surface area contributed by atoms with Crippen molar-refractivity contribution in [2.75, 3.05) is 20.3 Å². The number of halogens is 1. The molecule has 0 aliphatic heterocycles. The molecule has 0 amide bonds. The van der Waals surface area contributed by atoms with Gasteiger partial charge in [0.2, 0.25) is 0 Å². The van der Waals surface area contributed by atoms with Crippen LogP contribution in [-0.4, -0.2) is 37.5 Å². The highest BCUT2D eigenvalue weighted by Gasteiger charge is 2.21. The lowest BCUT2D eigenvalue weighted by Gasteiger charge is -2.13. The average Bonchev–Trinajstić information content (AvgIpc) is 3.18. The van der Waals surface area contributed by atoms with E-state index >= 15 is 0 Å². The van der Waals surface area contributed by atoms with Crippen LogP contribution in [-0.2, 0) is 0 Å². The third-order valence-corrected chi connectivity index (χ3v) is 2.70. The van der Waals surface area contributed by atoms with Crippen LogP contribution >= 0.6 is 12.4 Å². The predicted molar refractivity (Wildman–Crippen MR) is 72.8 cm³/mol. The first-order valence-corrected chi connectivity index (χ1v) is 5.96. The zero-order chi connectivity index (χ0) is 12.1. The molecule has 2 rings (SSSR count). The van der Waals surface area contributed by atoms with Crippen molar-refractivity contribution in [3.63, 3.8) is 0 Å². The number of hydrogen-bond acceptors (Lipinski definition) is 4. The zero-order valence-electron chi connectivity index (χ0n) is 10.5. The molecule has 1 aliphatic carbocycles. The van der Waals surface area contributed by atoms with E-state index in [1.165, 1.54) is 12.8 Å². The van der Waals surface area contributed by atoms with Gasteiger partial charge in [0, 0.05) is 18.7 Å². The smallest absolute Gasteiger partial charge is 0.123 e. The molecule has 1 aromatic rings. The Balaban J connectivity index is 0.00000162.